The second kappa shape index (κ2) is 6.69. The summed E-state index contributed by atoms with van der Waals surface area (Å²) in [4.78, 5) is 16.5. The molecular weight excluding hydrogens is 328 g/mol. The molecule has 1 aliphatic carbocycles. The minimum atomic E-state index is -0.303. The Morgan fingerprint density at radius 3 is 2.65 bits per heavy atom. The second-order valence-electron chi connectivity index (χ2n) is 6.15. The van der Waals surface area contributed by atoms with Crippen LogP contribution in [0, 0.1) is 11.3 Å². The number of pyridine rings is 1. The van der Waals surface area contributed by atoms with E-state index in [2.05, 4.69) is 31.9 Å². The number of aromatic nitrogens is 3. The van der Waals surface area contributed by atoms with Gasteiger partial charge in [-0.2, -0.15) is 10.4 Å². The standard InChI is InChI=1S/C19H16N6O/c20-10-16-17(12-3-4-12)24-25-18(16)23-19(26)13-5-7-14(8-6-13)22-15-2-1-9-21-11-15/h1-2,5-9,11-12,22H,3-4H2,(H2,23,24,25,26). The third kappa shape index (κ3) is 3.26. The van der Waals surface area contributed by atoms with E-state index >= 15 is 0 Å². The molecule has 0 atom stereocenters. The summed E-state index contributed by atoms with van der Waals surface area (Å²) in [6.07, 6.45) is 5.53. The number of carbonyl (C=O) groups excluding carboxylic acids is 1. The molecular formula is C19H16N6O. The molecule has 3 N–H and O–H groups in total. The number of H-pyrrole nitrogens is 1. The first-order valence-electron chi connectivity index (χ1n) is 8.31. The number of anilines is 3. The summed E-state index contributed by atoms with van der Waals surface area (Å²) < 4.78 is 0. The van der Waals surface area contributed by atoms with Crippen molar-refractivity contribution in [2.45, 2.75) is 18.8 Å². The highest BCUT2D eigenvalue weighted by molar-refractivity contribution is 6.04. The summed E-state index contributed by atoms with van der Waals surface area (Å²) in [5.41, 5.74) is 3.45. The van der Waals surface area contributed by atoms with Crippen LogP contribution in [0.25, 0.3) is 0 Å². The van der Waals surface area contributed by atoms with Gasteiger partial charge in [0.2, 0.25) is 0 Å². The van der Waals surface area contributed by atoms with Crippen LogP contribution in [0.2, 0.25) is 0 Å². The van der Waals surface area contributed by atoms with E-state index in [0.29, 0.717) is 17.0 Å². The van der Waals surface area contributed by atoms with Crippen molar-refractivity contribution >= 4 is 23.1 Å². The van der Waals surface area contributed by atoms with Gasteiger partial charge in [0.15, 0.2) is 5.82 Å². The van der Waals surface area contributed by atoms with Crippen molar-refractivity contribution in [1.29, 1.82) is 5.26 Å². The highest BCUT2D eigenvalue weighted by atomic mass is 16.1. The van der Waals surface area contributed by atoms with E-state index in [1.54, 1.807) is 24.5 Å². The Kier molecular flexibility index (Phi) is 4.07. The molecule has 0 bridgehead atoms. The Balaban J connectivity index is 1.46. The summed E-state index contributed by atoms with van der Waals surface area (Å²) in [6.45, 7) is 0. The van der Waals surface area contributed by atoms with E-state index < -0.39 is 0 Å². The SMILES string of the molecule is N#Cc1c(NC(=O)c2ccc(Nc3cccnc3)cc2)n[nH]c1C1CC1. The van der Waals surface area contributed by atoms with Crippen LogP contribution in [-0.2, 0) is 0 Å². The number of hydrogen-bond donors (Lipinski definition) is 3. The third-order valence-corrected chi connectivity index (χ3v) is 4.22. The van der Waals surface area contributed by atoms with Crippen LogP contribution in [0.1, 0.15) is 40.4 Å². The molecule has 128 valence electrons. The molecule has 7 nitrogen and oxygen atoms in total. The summed E-state index contributed by atoms with van der Waals surface area (Å²) in [6, 6.07) is 12.9. The molecule has 7 heteroatoms. The number of carbonyl (C=O) groups is 1. The van der Waals surface area contributed by atoms with Crippen LogP contribution in [0.3, 0.4) is 0 Å². The van der Waals surface area contributed by atoms with E-state index in [1.165, 1.54) is 0 Å². The maximum atomic E-state index is 12.4. The van der Waals surface area contributed by atoms with Crippen LogP contribution in [-0.4, -0.2) is 21.1 Å². The minimum Gasteiger partial charge on any atom is -0.354 e. The third-order valence-electron chi connectivity index (χ3n) is 4.22. The van der Waals surface area contributed by atoms with Crippen LogP contribution in [0.4, 0.5) is 17.2 Å². The number of hydrogen-bond acceptors (Lipinski definition) is 5. The number of rotatable bonds is 5. The second-order valence-corrected chi connectivity index (χ2v) is 6.15. The van der Waals surface area contributed by atoms with Crippen molar-refractivity contribution in [2.75, 3.05) is 10.6 Å². The lowest BCUT2D eigenvalue weighted by atomic mass is 10.1. The molecule has 2 heterocycles. The quantitative estimate of drug-likeness (QED) is 0.656. The Labute approximate surface area is 150 Å². The first-order chi connectivity index (χ1) is 12.7. The van der Waals surface area contributed by atoms with E-state index in [1.807, 2.05) is 24.3 Å². The molecule has 1 amide bonds. The Morgan fingerprint density at radius 1 is 1.19 bits per heavy atom. The van der Waals surface area contributed by atoms with Gasteiger partial charge in [0.25, 0.3) is 5.91 Å². The van der Waals surface area contributed by atoms with Gasteiger partial charge in [0, 0.05) is 23.4 Å². The molecule has 0 aliphatic heterocycles. The molecule has 2 aromatic heterocycles. The molecule has 4 rings (SSSR count). The smallest absolute Gasteiger partial charge is 0.256 e. The number of nitrogens with one attached hydrogen (secondary N) is 3. The fourth-order valence-corrected chi connectivity index (χ4v) is 2.71. The monoisotopic (exact) mass is 344 g/mol. The van der Waals surface area contributed by atoms with Gasteiger partial charge < -0.3 is 10.6 Å². The minimum absolute atomic E-state index is 0.289. The fraction of sp³-hybridized carbons (Fsp3) is 0.158. The molecule has 1 saturated carbocycles. The highest BCUT2D eigenvalue weighted by Crippen LogP contribution is 2.41. The number of nitrogens with zero attached hydrogens (tertiary/aromatic N) is 3. The van der Waals surface area contributed by atoms with Crippen molar-refractivity contribution in [3.63, 3.8) is 0 Å². The molecule has 1 aromatic carbocycles. The van der Waals surface area contributed by atoms with Gasteiger partial charge in [-0.25, -0.2) is 0 Å². The first-order valence-corrected chi connectivity index (χ1v) is 8.31. The Bertz CT molecular complexity index is 968. The average molecular weight is 344 g/mol. The number of aromatic amines is 1. The zero-order valence-corrected chi connectivity index (χ0v) is 13.9. The van der Waals surface area contributed by atoms with Crippen molar-refractivity contribution in [1.82, 2.24) is 15.2 Å². The zero-order valence-electron chi connectivity index (χ0n) is 13.9. The molecule has 0 spiro atoms. The summed E-state index contributed by atoms with van der Waals surface area (Å²) in [5, 5.41) is 22.2. The van der Waals surface area contributed by atoms with Gasteiger partial charge >= 0.3 is 0 Å². The van der Waals surface area contributed by atoms with Gasteiger partial charge in [-0.15, -0.1) is 0 Å². The van der Waals surface area contributed by atoms with Gasteiger partial charge in [0.05, 0.1) is 17.6 Å². The molecule has 0 unspecified atom stereocenters. The number of nitriles is 1. The average Bonchev–Trinajstić information content (AvgIpc) is 3.44. The van der Waals surface area contributed by atoms with E-state index in [9.17, 15) is 10.1 Å². The van der Waals surface area contributed by atoms with E-state index in [0.717, 1.165) is 29.9 Å². The number of amides is 1. The molecule has 0 saturated heterocycles. The molecule has 1 fully saturated rings. The zero-order chi connectivity index (χ0) is 17.9. The molecule has 1 aliphatic rings. The van der Waals surface area contributed by atoms with Crippen molar-refractivity contribution in [3.05, 3.63) is 65.6 Å². The summed E-state index contributed by atoms with van der Waals surface area (Å²) in [7, 11) is 0. The van der Waals surface area contributed by atoms with Crippen LogP contribution in [0.5, 0.6) is 0 Å². The van der Waals surface area contributed by atoms with Crippen molar-refractivity contribution in [3.8, 4) is 6.07 Å². The Hall–Kier alpha value is -3.66. The lowest BCUT2D eigenvalue weighted by Gasteiger charge is -2.07. The summed E-state index contributed by atoms with van der Waals surface area (Å²) in [5.74, 6) is 0.348. The molecule has 0 radical (unpaired) electrons. The van der Waals surface area contributed by atoms with E-state index in [-0.39, 0.29) is 11.7 Å². The van der Waals surface area contributed by atoms with Crippen molar-refractivity contribution < 1.29 is 4.79 Å². The van der Waals surface area contributed by atoms with Gasteiger partial charge in [0.1, 0.15) is 11.6 Å². The lowest BCUT2D eigenvalue weighted by molar-refractivity contribution is 0.102. The van der Waals surface area contributed by atoms with Gasteiger partial charge in [-0.05, 0) is 49.2 Å². The fourth-order valence-electron chi connectivity index (χ4n) is 2.71. The maximum Gasteiger partial charge on any atom is 0.256 e. The highest BCUT2D eigenvalue weighted by Gasteiger charge is 2.30. The molecule has 3 aromatic rings. The first kappa shape index (κ1) is 15.8. The topological polar surface area (TPSA) is 106 Å². The predicted molar refractivity (Wildman–Crippen MR) is 97.2 cm³/mol. The van der Waals surface area contributed by atoms with E-state index in [4.69, 9.17) is 0 Å². The van der Waals surface area contributed by atoms with Crippen LogP contribution < -0.4 is 10.6 Å². The van der Waals surface area contributed by atoms with Gasteiger partial charge in [-0.1, -0.05) is 0 Å². The summed E-state index contributed by atoms with van der Waals surface area (Å²) >= 11 is 0. The van der Waals surface area contributed by atoms with Crippen LogP contribution in [0.15, 0.2) is 48.8 Å². The van der Waals surface area contributed by atoms with Crippen LogP contribution >= 0.6 is 0 Å². The van der Waals surface area contributed by atoms with Gasteiger partial charge in [-0.3, -0.25) is 14.9 Å². The lowest BCUT2D eigenvalue weighted by Crippen LogP contribution is -2.13. The molecule has 26 heavy (non-hydrogen) atoms. The maximum absolute atomic E-state index is 12.4. The Morgan fingerprint density at radius 2 is 2.00 bits per heavy atom. The number of benzene rings is 1. The largest absolute Gasteiger partial charge is 0.354 e. The predicted octanol–water partition coefficient (Wildman–Crippen LogP) is 3.55. The normalized spacial score (nSPS) is 13.0. The van der Waals surface area contributed by atoms with Crippen molar-refractivity contribution in [2.24, 2.45) is 0 Å².